The second-order valence-corrected chi connectivity index (χ2v) is 6.12. The van der Waals surface area contributed by atoms with Crippen LogP contribution in [-0.2, 0) is 9.59 Å². The Morgan fingerprint density at radius 2 is 1.83 bits per heavy atom. The van der Waals surface area contributed by atoms with Gasteiger partial charge in [0.15, 0.2) is 0 Å². The third-order valence-corrected chi connectivity index (χ3v) is 4.59. The Morgan fingerprint density at radius 3 is 2.57 bits per heavy atom. The molecule has 1 atom stereocenters. The molecule has 1 heterocycles. The van der Waals surface area contributed by atoms with Crippen molar-refractivity contribution in [2.75, 3.05) is 16.8 Å². The van der Waals surface area contributed by atoms with Crippen LogP contribution < -0.4 is 10.2 Å². The van der Waals surface area contributed by atoms with Crippen molar-refractivity contribution in [3.05, 3.63) is 58.6 Å². The predicted octanol–water partition coefficient (Wildman–Crippen LogP) is 3.99. The third kappa shape index (κ3) is 3.33. The van der Waals surface area contributed by atoms with E-state index >= 15 is 0 Å². The number of para-hydroxylation sites is 1. The fraction of sp³-hybridized carbons (Fsp3) is 0.176. The average molecular weight is 349 g/mol. The first kappa shape index (κ1) is 15.8. The van der Waals surface area contributed by atoms with Crippen LogP contribution in [0.15, 0.2) is 48.5 Å². The Labute approximate surface area is 144 Å². The van der Waals surface area contributed by atoms with Crippen molar-refractivity contribution >= 4 is 46.4 Å². The summed E-state index contributed by atoms with van der Waals surface area (Å²) in [7, 11) is 0. The Kier molecular flexibility index (Phi) is 4.55. The van der Waals surface area contributed by atoms with Crippen LogP contribution in [0.2, 0.25) is 10.0 Å². The number of nitrogens with one attached hydrogen (secondary N) is 1. The minimum atomic E-state index is -0.419. The van der Waals surface area contributed by atoms with Gasteiger partial charge in [0.2, 0.25) is 11.8 Å². The molecule has 1 N–H and O–H groups in total. The molecule has 0 aliphatic carbocycles. The maximum absolute atomic E-state index is 12.4. The third-order valence-electron chi connectivity index (χ3n) is 3.77. The van der Waals surface area contributed by atoms with Gasteiger partial charge in [0.05, 0.1) is 21.7 Å². The summed E-state index contributed by atoms with van der Waals surface area (Å²) in [6.07, 6.45) is 0.179. The molecule has 0 unspecified atom stereocenters. The molecule has 2 aromatic carbocycles. The van der Waals surface area contributed by atoms with Gasteiger partial charge < -0.3 is 10.2 Å². The normalized spacial score (nSPS) is 17.4. The van der Waals surface area contributed by atoms with Crippen molar-refractivity contribution in [2.45, 2.75) is 6.42 Å². The molecule has 0 radical (unpaired) electrons. The minimum absolute atomic E-state index is 0.0615. The topological polar surface area (TPSA) is 49.4 Å². The first-order valence-electron chi connectivity index (χ1n) is 7.16. The van der Waals surface area contributed by atoms with E-state index in [1.54, 1.807) is 23.1 Å². The number of hydrogen-bond donors (Lipinski definition) is 1. The number of carbonyl (C=O) groups is 2. The lowest BCUT2D eigenvalue weighted by molar-refractivity contribution is -0.122. The van der Waals surface area contributed by atoms with Crippen LogP contribution in [0.4, 0.5) is 11.4 Å². The molecule has 1 aliphatic rings. The van der Waals surface area contributed by atoms with Gasteiger partial charge in [-0.05, 0) is 24.3 Å². The van der Waals surface area contributed by atoms with Crippen molar-refractivity contribution in [2.24, 2.45) is 5.92 Å². The molecule has 4 nitrogen and oxygen atoms in total. The number of benzene rings is 2. The van der Waals surface area contributed by atoms with E-state index in [1.165, 1.54) is 0 Å². The van der Waals surface area contributed by atoms with Crippen LogP contribution in [0.3, 0.4) is 0 Å². The highest BCUT2D eigenvalue weighted by atomic mass is 35.5. The lowest BCUT2D eigenvalue weighted by atomic mass is 10.1. The van der Waals surface area contributed by atoms with Gasteiger partial charge in [-0.1, -0.05) is 47.5 Å². The van der Waals surface area contributed by atoms with Gasteiger partial charge >= 0.3 is 0 Å². The second kappa shape index (κ2) is 6.60. The highest BCUT2D eigenvalue weighted by molar-refractivity contribution is 6.44. The summed E-state index contributed by atoms with van der Waals surface area (Å²) in [6.45, 7) is 0.354. The molecule has 1 aliphatic heterocycles. The minimum Gasteiger partial charge on any atom is -0.324 e. The van der Waals surface area contributed by atoms with Crippen LogP contribution in [0.1, 0.15) is 6.42 Å². The monoisotopic (exact) mass is 348 g/mol. The molecule has 6 heteroatoms. The molecular formula is C17H14Cl2N2O2. The number of amides is 2. The van der Waals surface area contributed by atoms with Gasteiger partial charge in [0.1, 0.15) is 0 Å². The van der Waals surface area contributed by atoms with Gasteiger partial charge in [-0.25, -0.2) is 0 Å². The molecule has 118 valence electrons. The van der Waals surface area contributed by atoms with E-state index in [2.05, 4.69) is 5.32 Å². The summed E-state index contributed by atoms with van der Waals surface area (Å²) in [6, 6.07) is 14.4. The van der Waals surface area contributed by atoms with Gasteiger partial charge in [0, 0.05) is 18.7 Å². The number of halogens is 2. The summed E-state index contributed by atoms with van der Waals surface area (Å²) >= 11 is 12.0. The van der Waals surface area contributed by atoms with Crippen molar-refractivity contribution in [1.82, 2.24) is 0 Å². The van der Waals surface area contributed by atoms with E-state index in [1.807, 2.05) is 30.3 Å². The molecule has 2 aromatic rings. The van der Waals surface area contributed by atoms with Crippen LogP contribution in [0, 0.1) is 5.92 Å². The van der Waals surface area contributed by atoms with Gasteiger partial charge in [0.25, 0.3) is 0 Å². The van der Waals surface area contributed by atoms with Crippen molar-refractivity contribution < 1.29 is 9.59 Å². The SMILES string of the molecule is O=C(Nc1cccc(Cl)c1Cl)[C@@H]1CC(=O)N(c2ccccc2)C1. The van der Waals surface area contributed by atoms with Crippen molar-refractivity contribution in [3.8, 4) is 0 Å². The molecule has 0 aromatic heterocycles. The molecule has 23 heavy (non-hydrogen) atoms. The molecule has 1 fully saturated rings. The number of hydrogen-bond acceptors (Lipinski definition) is 2. The second-order valence-electron chi connectivity index (χ2n) is 5.33. The maximum Gasteiger partial charge on any atom is 0.229 e. The number of nitrogens with zero attached hydrogens (tertiary/aromatic N) is 1. The lowest BCUT2D eigenvalue weighted by Crippen LogP contribution is -2.28. The van der Waals surface area contributed by atoms with Crippen LogP contribution in [-0.4, -0.2) is 18.4 Å². The number of anilines is 2. The first-order valence-corrected chi connectivity index (χ1v) is 7.92. The zero-order valence-corrected chi connectivity index (χ0v) is 13.6. The first-order chi connectivity index (χ1) is 11.1. The Balaban J connectivity index is 1.72. The molecule has 0 saturated carbocycles. The fourth-order valence-electron chi connectivity index (χ4n) is 2.58. The predicted molar refractivity (Wildman–Crippen MR) is 92.0 cm³/mol. The smallest absolute Gasteiger partial charge is 0.229 e. The van der Waals surface area contributed by atoms with Gasteiger partial charge in [-0.3, -0.25) is 9.59 Å². The Morgan fingerprint density at radius 1 is 1.09 bits per heavy atom. The average Bonchev–Trinajstić information content (AvgIpc) is 2.95. The lowest BCUT2D eigenvalue weighted by Gasteiger charge is -2.16. The number of rotatable bonds is 3. The van der Waals surface area contributed by atoms with Crippen LogP contribution in [0.25, 0.3) is 0 Å². The summed E-state index contributed by atoms with van der Waals surface area (Å²) < 4.78 is 0. The molecule has 0 spiro atoms. The Hall–Kier alpha value is -2.04. The van der Waals surface area contributed by atoms with Gasteiger partial charge in [-0.2, -0.15) is 0 Å². The summed E-state index contributed by atoms with van der Waals surface area (Å²) in [5.74, 6) is -0.716. The summed E-state index contributed by atoms with van der Waals surface area (Å²) in [5.41, 5.74) is 1.25. The maximum atomic E-state index is 12.4. The van der Waals surface area contributed by atoms with Gasteiger partial charge in [-0.15, -0.1) is 0 Å². The summed E-state index contributed by atoms with van der Waals surface area (Å²) in [4.78, 5) is 26.2. The van der Waals surface area contributed by atoms with E-state index in [-0.39, 0.29) is 18.2 Å². The van der Waals surface area contributed by atoms with E-state index in [0.29, 0.717) is 22.3 Å². The van der Waals surface area contributed by atoms with Crippen molar-refractivity contribution in [3.63, 3.8) is 0 Å². The van der Waals surface area contributed by atoms with E-state index in [9.17, 15) is 9.59 Å². The van der Waals surface area contributed by atoms with Crippen LogP contribution in [0.5, 0.6) is 0 Å². The van der Waals surface area contributed by atoms with E-state index in [0.717, 1.165) is 5.69 Å². The molecule has 0 bridgehead atoms. The largest absolute Gasteiger partial charge is 0.324 e. The zero-order valence-electron chi connectivity index (χ0n) is 12.1. The highest BCUT2D eigenvalue weighted by Gasteiger charge is 2.35. The highest BCUT2D eigenvalue weighted by Crippen LogP contribution is 2.31. The van der Waals surface area contributed by atoms with E-state index < -0.39 is 5.92 Å². The number of carbonyl (C=O) groups excluding carboxylic acids is 2. The molecular weight excluding hydrogens is 335 g/mol. The molecule has 2 amide bonds. The molecule has 3 rings (SSSR count). The Bertz CT molecular complexity index is 750. The van der Waals surface area contributed by atoms with Crippen molar-refractivity contribution in [1.29, 1.82) is 0 Å². The standard InChI is InChI=1S/C17H14Cl2N2O2/c18-13-7-4-8-14(16(13)19)20-17(23)11-9-15(22)21(10-11)12-5-2-1-3-6-12/h1-8,11H,9-10H2,(H,20,23)/t11-/m1/s1. The fourth-order valence-corrected chi connectivity index (χ4v) is 2.92. The quantitative estimate of drug-likeness (QED) is 0.911. The molecule has 1 saturated heterocycles. The van der Waals surface area contributed by atoms with Crippen LogP contribution >= 0.6 is 23.2 Å². The van der Waals surface area contributed by atoms with E-state index in [4.69, 9.17) is 23.2 Å². The zero-order chi connectivity index (χ0) is 16.4. The summed E-state index contributed by atoms with van der Waals surface area (Å²) in [5, 5.41) is 3.42.